The van der Waals surface area contributed by atoms with Crippen molar-refractivity contribution in [3.8, 4) is 0 Å². The summed E-state index contributed by atoms with van der Waals surface area (Å²) in [5.41, 5.74) is 5.11. The minimum Gasteiger partial charge on any atom is -0.465 e. The van der Waals surface area contributed by atoms with Crippen LogP contribution in [0.25, 0.3) is 0 Å². The average molecular weight is 282 g/mol. The minimum atomic E-state index is -1.07. The van der Waals surface area contributed by atoms with Gasteiger partial charge in [-0.15, -0.1) is 0 Å². The fourth-order valence-electron chi connectivity index (χ4n) is 1.10. The van der Waals surface area contributed by atoms with Crippen molar-refractivity contribution in [2.45, 2.75) is 12.6 Å². The number of amides is 1. The summed E-state index contributed by atoms with van der Waals surface area (Å²) in [6, 6.07) is 0. The van der Waals surface area contributed by atoms with Crippen LogP contribution in [-0.2, 0) is 14.2 Å². The van der Waals surface area contributed by atoms with E-state index >= 15 is 0 Å². The number of nitrogens with two attached hydrogens (primary N) is 1. The predicted molar refractivity (Wildman–Crippen MR) is 67.1 cm³/mol. The van der Waals surface area contributed by atoms with E-state index < -0.39 is 12.3 Å². The van der Waals surface area contributed by atoms with E-state index in [1.807, 2.05) is 0 Å². The molecule has 0 heterocycles. The molecule has 0 rings (SSSR count). The number of rotatable bonds is 13. The zero-order valence-corrected chi connectivity index (χ0v) is 11.0. The first-order valence-electron chi connectivity index (χ1n) is 6.21. The number of hydrogen-bond acceptors (Lipinski definition) is 5. The maximum absolute atomic E-state index is 12.7. The predicted octanol–water partition coefficient (Wildman–Crippen LogP) is -0.00930. The van der Waals surface area contributed by atoms with Crippen molar-refractivity contribution in [2.24, 2.45) is 5.73 Å². The third kappa shape index (κ3) is 15.0. The van der Waals surface area contributed by atoms with E-state index in [4.69, 9.17) is 25.1 Å². The summed E-state index contributed by atoms with van der Waals surface area (Å²) in [6.07, 6.45) is -1.77. The normalized spacial score (nSPS) is 12.3. The van der Waals surface area contributed by atoms with Crippen molar-refractivity contribution in [3.63, 3.8) is 0 Å². The molecule has 0 aromatic heterocycles. The molecule has 7 nitrogen and oxygen atoms in total. The van der Waals surface area contributed by atoms with Crippen LogP contribution >= 0.6 is 0 Å². The van der Waals surface area contributed by atoms with Crippen LogP contribution in [0.2, 0.25) is 0 Å². The highest BCUT2D eigenvalue weighted by Gasteiger charge is 2.02. The second kappa shape index (κ2) is 13.5. The van der Waals surface area contributed by atoms with Crippen LogP contribution < -0.4 is 11.1 Å². The molecular formula is C11H23FN2O5. The van der Waals surface area contributed by atoms with Crippen LogP contribution in [0.15, 0.2) is 0 Å². The Labute approximate surface area is 112 Å². The first-order valence-corrected chi connectivity index (χ1v) is 6.21. The molecule has 0 aliphatic rings. The topological polar surface area (TPSA) is 103 Å². The molecule has 4 N–H and O–H groups in total. The Morgan fingerprint density at radius 1 is 1.11 bits per heavy atom. The fourth-order valence-corrected chi connectivity index (χ4v) is 1.10. The van der Waals surface area contributed by atoms with Crippen LogP contribution in [0.5, 0.6) is 0 Å². The summed E-state index contributed by atoms with van der Waals surface area (Å²) in [5.74, 6) is 0. The molecule has 1 amide bonds. The van der Waals surface area contributed by atoms with Crippen LogP contribution in [0.4, 0.5) is 9.18 Å². The molecule has 114 valence electrons. The molecule has 0 saturated carbocycles. The molecular weight excluding hydrogens is 259 g/mol. The van der Waals surface area contributed by atoms with Crippen LogP contribution in [0.3, 0.4) is 0 Å². The Morgan fingerprint density at radius 3 is 2.16 bits per heavy atom. The molecule has 0 bridgehead atoms. The van der Waals surface area contributed by atoms with Crippen molar-refractivity contribution in [3.05, 3.63) is 0 Å². The summed E-state index contributed by atoms with van der Waals surface area (Å²) in [4.78, 5) is 10.1. The van der Waals surface area contributed by atoms with Gasteiger partial charge in [0.2, 0.25) is 0 Å². The molecule has 0 saturated heterocycles. The van der Waals surface area contributed by atoms with Gasteiger partial charge in [0.1, 0.15) is 6.17 Å². The van der Waals surface area contributed by atoms with Gasteiger partial charge < -0.3 is 30.4 Å². The molecule has 0 aromatic carbocycles. The van der Waals surface area contributed by atoms with Crippen LogP contribution in [0.1, 0.15) is 6.42 Å². The van der Waals surface area contributed by atoms with Gasteiger partial charge in [0.15, 0.2) is 0 Å². The zero-order chi connectivity index (χ0) is 14.3. The SMILES string of the molecule is NCC(F)CCOCCOCCOCCNC(=O)O. The van der Waals surface area contributed by atoms with E-state index in [1.165, 1.54) is 0 Å². The van der Waals surface area contributed by atoms with E-state index in [1.54, 1.807) is 0 Å². The van der Waals surface area contributed by atoms with Crippen LogP contribution in [-0.4, -0.2) is 70.1 Å². The van der Waals surface area contributed by atoms with Gasteiger partial charge >= 0.3 is 6.09 Å². The van der Waals surface area contributed by atoms with E-state index in [0.29, 0.717) is 46.1 Å². The molecule has 1 unspecified atom stereocenters. The van der Waals surface area contributed by atoms with Crippen LogP contribution in [0, 0.1) is 0 Å². The Morgan fingerprint density at radius 2 is 1.63 bits per heavy atom. The van der Waals surface area contributed by atoms with E-state index in [-0.39, 0.29) is 13.1 Å². The first kappa shape index (κ1) is 18.0. The highest BCUT2D eigenvalue weighted by Crippen LogP contribution is 1.95. The highest BCUT2D eigenvalue weighted by atomic mass is 19.1. The van der Waals surface area contributed by atoms with Gasteiger partial charge in [-0.05, 0) is 0 Å². The van der Waals surface area contributed by atoms with Gasteiger partial charge in [0, 0.05) is 26.1 Å². The monoisotopic (exact) mass is 282 g/mol. The summed E-state index contributed by atoms with van der Waals surface area (Å²) in [5, 5.41) is 10.4. The lowest BCUT2D eigenvalue weighted by atomic mass is 10.3. The second-order valence-electron chi connectivity index (χ2n) is 3.69. The van der Waals surface area contributed by atoms with E-state index in [0.717, 1.165) is 0 Å². The van der Waals surface area contributed by atoms with E-state index in [2.05, 4.69) is 5.32 Å². The Kier molecular flexibility index (Phi) is 12.8. The summed E-state index contributed by atoms with van der Waals surface area (Å²) in [6.45, 7) is 2.53. The molecule has 8 heteroatoms. The summed E-state index contributed by atoms with van der Waals surface area (Å²) in [7, 11) is 0. The highest BCUT2D eigenvalue weighted by molar-refractivity contribution is 5.64. The number of carboxylic acid groups (broad SMARTS) is 1. The number of alkyl halides is 1. The lowest BCUT2D eigenvalue weighted by Gasteiger charge is -2.08. The molecule has 0 radical (unpaired) electrons. The third-order valence-electron chi connectivity index (χ3n) is 2.10. The van der Waals surface area contributed by atoms with Crippen molar-refractivity contribution < 1.29 is 28.5 Å². The second-order valence-corrected chi connectivity index (χ2v) is 3.69. The number of ether oxygens (including phenoxy) is 3. The van der Waals surface area contributed by atoms with Gasteiger partial charge in [-0.25, -0.2) is 9.18 Å². The maximum Gasteiger partial charge on any atom is 0.404 e. The van der Waals surface area contributed by atoms with Gasteiger partial charge in [-0.1, -0.05) is 0 Å². The lowest BCUT2D eigenvalue weighted by molar-refractivity contribution is 0.0122. The molecule has 0 aliphatic carbocycles. The van der Waals surface area contributed by atoms with Gasteiger partial charge in [0.25, 0.3) is 0 Å². The number of nitrogens with one attached hydrogen (secondary N) is 1. The molecule has 0 aromatic rings. The Bertz CT molecular complexity index is 221. The quantitative estimate of drug-likeness (QED) is 0.411. The average Bonchev–Trinajstić information content (AvgIpc) is 2.39. The fraction of sp³-hybridized carbons (Fsp3) is 0.909. The van der Waals surface area contributed by atoms with E-state index in [9.17, 15) is 9.18 Å². The molecule has 0 aliphatic heterocycles. The molecule has 0 spiro atoms. The minimum absolute atomic E-state index is 0.0218. The molecule has 1 atom stereocenters. The summed E-state index contributed by atoms with van der Waals surface area (Å²) >= 11 is 0. The Hall–Kier alpha value is -0.960. The standard InChI is InChI=1S/C11H23FN2O5/c12-10(9-13)1-3-17-5-7-19-8-6-18-4-2-14-11(15)16/h10,14H,1-9,13H2,(H,15,16). The Balaban J connectivity index is 3.01. The van der Waals surface area contributed by atoms with Crippen molar-refractivity contribution in [1.29, 1.82) is 0 Å². The van der Waals surface area contributed by atoms with Gasteiger partial charge in [-0.3, -0.25) is 0 Å². The smallest absolute Gasteiger partial charge is 0.404 e. The summed E-state index contributed by atoms with van der Waals surface area (Å²) < 4.78 is 28.1. The lowest BCUT2D eigenvalue weighted by Crippen LogP contribution is -2.25. The third-order valence-corrected chi connectivity index (χ3v) is 2.10. The maximum atomic E-state index is 12.7. The zero-order valence-electron chi connectivity index (χ0n) is 11.0. The van der Waals surface area contributed by atoms with Crippen molar-refractivity contribution in [1.82, 2.24) is 5.32 Å². The molecule has 0 fully saturated rings. The van der Waals surface area contributed by atoms with Crippen molar-refractivity contribution >= 4 is 6.09 Å². The first-order chi connectivity index (χ1) is 9.16. The van der Waals surface area contributed by atoms with Gasteiger partial charge in [0.05, 0.1) is 33.0 Å². The van der Waals surface area contributed by atoms with Gasteiger partial charge in [-0.2, -0.15) is 0 Å². The van der Waals surface area contributed by atoms with Crippen molar-refractivity contribution in [2.75, 3.05) is 52.7 Å². The molecule has 19 heavy (non-hydrogen) atoms. The number of hydrogen-bond donors (Lipinski definition) is 3. The number of carbonyl (C=O) groups is 1. The number of halogens is 1. The largest absolute Gasteiger partial charge is 0.465 e.